The average Bonchev–Trinajstić information content (AvgIpc) is 2.92. The number of piperazine rings is 1. The highest BCUT2D eigenvalue weighted by Crippen LogP contribution is 2.31. The summed E-state index contributed by atoms with van der Waals surface area (Å²) in [7, 11) is 0. The molecule has 0 spiro atoms. The largest absolute Gasteiger partial charge is 0.444 e. The highest BCUT2D eigenvalue weighted by atomic mass is 35.5. The minimum absolute atomic E-state index is 0.122. The number of halogens is 6. The Morgan fingerprint density at radius 1 is 1.00 bits per heavy atom. The van der Waals surface area contributed by atoms with Crippen LogP contribution in [0.1, 0.15) is 50.0 Å². The number of amides is 3. The molecule has 1 fully saturated rings. The number of benzene rings is 2. The fraction of sp³-hybridized carbons (Fsp3) is 0.483. The second-order valence-corrected chi connectivity index (χ2v) is 11.7. The number of carbonyl (C=O) groups excluding carboxylic acids is 3. The van der Waals surface area contributed by atoms with Gasteiger partial charge in [0.25, 0.3) is 5.91 Å². The monoisotopic (exact) mass is 647 g/mol. The summed E-state index contributed by atoms with van der Waals surface area (Å²) < 4.78 is 72.8. The van der Waals surface area contributed by atoms with Crippen LogP contribution in [0.3, 0.4) is 0 Å². The molecular weight excluding hydrogens is 613 g/mol. The first-order valence-corrected chi connectivity index (χ1v) is 14.2. The van der Waals surface area contributed by atoms with Crippen molar-refractivity contribution < 1.29 is 41.1 Å². The van der Waals surface area contributed by atoms with Crippen LogP contribution in [0.15, 0.2) is 30.3 Å². The highest BCUT2D eigenvalue weighted by Gasteiger charge is 2.29. The fourth-order valence-electron chi connectivity index (χ4n) is 4.35. The Balaban J connectivity index is 1.64. The van der Waals surface area contributed by atoms with E-state index in [4.69, 9.17) is 16.3 Å². The van der Waals surface area contributed by atoms with E-state index in [1.165, 1.54) is 19.1 Å². The quantitative estimate of drug-likeness (QED) is 0.312. The Bertz CT molecular complexity index is 1360. The van der Waals surface area contributed by atoms with Crippen molar-refractivity contribution in [3.8, 4) is 0 Å². The average molecular weight is 648 g/mol. The van der Waals surface area contributed by atoms with Crippen molar-refractivity contribution in [3.05, 3.63) is 58.1 Å². The van der Waals surface area contributed by atoms with Crippen molar-refractivity contribution in [2.45, 2.75) is 58.5 Å². The second-order valence-electron chi connectivity index (χ2n) is 11.3. The van der Waals surface area contributed by atoms with E-state index in [0.717, 1.165) is 12.1 Å². The van der Waals surface area contributed by atoms with Crippen LogP contribution in [0, 0.1) is 11.6 Å². The van der Waals surface area contributed by atoms with E-state index in [-0.39, 0.29) is 17.8 Å². The van der Waals surface area contributed by atoms with Gasteiger partial charge < -0.3 is 25.6 Å². The zero-order chi connectivity index (χ0) is 32.8. The maximum Gasteiger partial charge on any atom is 0.408 e. The molecule has 3 amide bonds. The van der Waals surface area contributed by atoms with Gasteiger partial charge in [-0.25, -0.2) is 13.6 Å². The van der Waals surface area contributed by atoms with Crippen molar-refractivity contribution in [3.63, 3.8) is 0 Å². The van der Waals surface area contributed by atoms with Crippen LogP contribution in [0.2, 0.25) is 5.02 Å². The van der Waals surface area contributed by atoms with E-state index >= 15 is 4.39 Å². The summed E-state index contributed by atoms with van der Waals surface area (Å²) in [5.74, 6) is -4.38. The Kier molecular flexibility index (Phi) is 11.4. The maximum absolute atomic E-state index is 15.0. The van der Waals surface area contributed by atoms with Crippen molar-refractivity contribution in [1.82, 2.24) is 15.5 Å². The third-order valence-electron chi connectivity index (χ3n) is 6.62. The molecule has 0 unspecified atom stereocenters. The zero-order valence-electron chi connectivity index (χ0n) is 24.7. The number of anilines is 2. The van der Waals surface area contributed by atoms with Gasteiger partial charge in [0.15, 0.2) is 11.6 Å². The molecule has 44 heavy (non-hydrogen) atoms. The van der Waals surface area contributed by atoms with Gasteiger partial charge in [0.2, 0.25) is 5.91 Å². The predicted octanol–water partition coefficient (Wildman–Crippen LogP) is 5.47. The summed E-state index contributed by atoms with van der Waals surface area (Å²) in [5, 5.41) is 7.65. The molecule has 9 nitrogen and oxygen atoms in total. The zero-order valence-corrected chi connectivity index (χ0v) is 25.5. The van der Waals surface area contributed by atoms with E-state index < -0.39 is 65.9 Å². The van der Waals surface area contributed by atoms with Crippen LogP contribution in [-0.2, 0) is 16.1 Å². The molecule has 0 bridgehead atoms. The third kappa shape index (κ3) is 10.2. The summed E-state index contributed by atoms with van der Waals surface area (Å²) in [4.78, 5) is 40.7. The van der Waals surface area contributed by atoms with Crippen LogP contribution in [0.5, 0.6) is 0 Å². The Labute approximate surface area is 257 Å². The van der Waals surface area contributed by atoms with E-state index in [1.54, 1.807) is 31.7 Å². The van der Waals surface area contributed by atoms with Gasteiger partial charge in [0.05, 0.1) is 23.4 Å². The molecule has 3 rings (SSSR count). The van der Waals surface area contributed by atoms with Crippen LogP contribution < -0.4 is 20.9 Å². The highest BCUT2D eigenvalue weighted by molar-refractivity contribution is 6.31. The summed E-state index contributed by atoms with van der Waals surface area (Å²) in [6.45, 7) is 7.24. The standard InChI is InChI=1S/C29H35ClF5N5O4/c1-17(37-27(43)44-28(2,3)4)25(41)36-16-18-5-7-20(24(32)23(18)31)26(42)38-21-8-6-19(30)15-22(21)40-13-11-39(12-14-40)10-9-29(33,34)35/h5-8,15,17H,9-14,16H2,1-4H3,(H,36,41)(H,37,43)(H,38,42)/t17-/m0/s1. The van der Waals surface area contributed by atoms with Gasteiger partial charge in [-0.1, -0.05) is 17.7 Å². The van der Waals surface area contributed by atoms with Crippen molar-refractivity contribution in [2.24, 2.45) is 0 Å². The van der Waals surface area contributed by atoms with Crippen LogP contribution in [-0.4, -0.2) is 73.4 Å². The number of carbonyl (C=O) groups is 3. The molecule has 1 saturated heterocycles. The van der Waals surface area contributed by atoms with Crippen LogP contribution in [0.25, 0.3) is 0 Å². The first kappa shape index (κ1) is 34.8. The molecule has 1 heterocycles. The second kappa shape index (κ2) is 14.4. The Morgan fingerprint density at radius 2 is 1.66 bits per heavy atom. The molecule has 2 aromatic rings. The van der Waals surface area contributed by atoms with Crippen molar-refractivity contribution >= 4 is 40.9 Å². The van der Waals surface area contributed by atoms with Crippen molar-refractivity contribution in [1.29, 1.82) is 0 Å². The number of alkyl halides is 3. The molecule has 0 aromatic heterocycles. The molecule has 1 aliphatic rings. The predicted molar refractivity (Wildman–Crippen MR) is 156 cm³/mol. The number of nitrogens with zero attached hydrogens (tertiary/aromatic N) is 2. The first-order valence-electron chi connectivity index (χ1n) is 13.8. The van der Waals surface area contributed by atoms with Gasteiger partial charge in [-0.15, -0.1) is 0 Å². The molecule has 0 radical (unpaired) electrons. The third-order valence-corrected chi connectivity index (χ3v) is 6.85. The Hall–Kier alpha value is -3.65. The SMILES string of the molecule is C[C@H](NC(=O)OC(C)(C)C)C(=O)NCc1ccc(C(=O)Nc2ccc(Cl)cc2N2CCN(CCC(F)(F)F)CC2)c(F)c1F. The first-order chi connectivity index (χ1) is 20.4. The Morgan fingerprint density at radius 3 is 2.27 bits per heavy atom. The minimum atomic E-state index is -4.25. The van der Waals surface area contributed by atoms with Crippen LogP contribution in [0.4, 0.5) is 38.1 Å². The van der Waals surface area contributed by atoms with E-state index in [9.17, 15) is 31.9 Å². The topological polar surface area (TPSA) is 103 Å². The van der Waals surface area contributed by atoms with Gasteiger partial charge in [0, 0.05) is 49.9 Å². The molecule has 1 aliphatic heterocycles. The number of ether oxygens (including phenoxy) is 1. The van der Waals surface area contributed by atoms with Gasteiger partial charge in [-0.2, -0.15) is 13.2 Å². The lowest BCUT2D eigenvalue weighted by Crippen LogP contribution is -2.47. The lowest BCUT2D eigenvalue weighted by Gasteiger charge is -2.37. The summed E-state index contributed by atoms with van der Waals surface area (Å²) in [6, 6.07) is 5.77. The molecule has 0 saturated carbocycles. The number of alkyl carbamates (subject to hydrolysis) is 1. The lowest BCUT2D eigenvalue weighted by atomic mass is 10.1. The van der Waals surface area contributed by atoms with Gasteiger partial charge in [-0.3, -0.25) is 14.5 Å². The number of hydrogen-bond donors (Lipinski definition) is 3. The minimum Gasteiger partial charge on any atom is -0.444 e. The number of nitrogens with one attached hydrogen (secondary N) is 3. The van der Waals surface area contributed by atoms with Gasteiger partial charge >= 0.3 is 12.3 Å². The van der Waals surface area contributed by atoms with Gasteiger partial charge in [0.1, 0.15) is 11.6 Å². The molecule has 3 N–H and O–H groups in total. The van der Waals surface area contributed by atoms with Crippen LogP contribution >= 0.6 is 11.6 Å². The van der Waals surface area contributed by atoms with Gasteiger partial charge in [-0.05, 0) is 52.0 Å². The molecular formula is C29H35ClF5N5O4. The summed E-state index contributed by atoms with van der Waals surface area (Å²) >= 11 is 6.16. The molecule has 242 valence electrons. The van der Waals surface area contributed by atoms with E-state index in [1.807, 2.05) is 4.90 Å². The summed E-state index contributed by atoms with van der Waals surface area (Å²) in [6.07, 6.45) is -5.98. The summed E-state index contributed by atoms with van der Waals surface area (Å²) in [5.41, 5.74) is -0.855. The smallest absolute Gasteiger partial charge is 0.408 e. The van der Waals surface area contributed by atoms with E-state index in [2.05, 4.69) is 16.0 Å². The molecule has 2 aromatic carbocycles. The normalized spacial score (nSPS) is 15.0. The van der Waals surface area contributed by atoms with Crippen molar-refractivity contribution in [2.75, 3.05) is 42.9 Å². The fourth-order valence-corrected chi connectivity index (χ4v) is 4.51. The maximum atomic E-state index is 15.0. The molecule has 0 aliphatic carbocycles. The lowest BCUT2D eigenvalue weighted by molar-refractivity contribution is -0.138. The molecule has 15 heteroatoms. The molecule has 1 atom stereocenters. The van der Waals surface area contributed by atoms with E-state index in [0.29, 0.717) is 36.9 Å². The number of hydrogen-bond acceptors (Lipinski definition) is 6. The number of rotatable bonds is 9.